The lowest BCUT2D eigenvalue weighted by atomic mass is 10.1. The van der Waals surface area contributed by atoms with Crippen molar-refractivity contribution in [2.75, 3.05) is 0 Å². The second-order valence-electron chi connectivity index (χ2n) is 4.77. The minimum atomic E-state index is 0.547. The number of benzene rings is 2. The van der Waals surface area contributed by atoms with Gasteiger partial charge in [0.15, 0.2) is 0 Å². The fourth-order valence-electron chi connectivity index (χ4n) is 2.44. The molecule has 1 fully saturated rings. The van der Waals surface area contributed by atoms with Crippen LogP contribution in [0.4, 0.5) is 0 Å². The molecule has 0 radical (unpaired) electrons. The summed E-state index contributed by atoms with van der Waals surface area (Å²) in [7, 11) is 0. The first-order valence-corrected chi connectivity index (χ1v) is 6.42. The van der Waals surface area contributed by atoms with E-state index < -0.39 is 0 Å². The summed E-state index contributed by atoms with van der Waals surface area (Å²) in [6.07, 6.45) is 4.39. The summed E-state index contributed by atoms with van der Waals surface area (Å²) in [6, 6.07) is 22.3. The molecule has 0 aliphatic carbocycles. The molecular formula is C17H17N. The van der Waals surface area contributed by atoms with Gasteiger partial charge in [0, 0.05) is 6.20 Å². The summed E-state index contributed by atoms with van der Waals surface area (Å²) in [4.78, 5) is 2.39. The molecule has 0 amide bonds. The van der Waals surface area contributed by atoms with Crippen molar-refractivity contribution in [3.8, 4) is 0 Å². The van der Waals surface area contributed by atoms with Gasteiger partial charge in [-0.3, -0.25) is 0 Å². The van der Waals surface area contributed by atoms with E-state index in [-0.39, 0.29) is 0 Å². The summed E-state index contributed by atoms with van der Waals surface area (Å²) in [5, 5.41) is 0. The summed E-state index contributed by atoms with van der Waals surface area (Å²) >= 11 is 0. The standard InChI is InChI=1S/C17H17N/c1-14-17(16-10-6-3-7-11-16)18(14)13-12-15-8-4-2-5-9-15/h2-14,17H,1H3/b13-12+/t14-,17+,18?/m1/s1. The second kappa shape index (κ2) is 4.69. The summed E-state index contributed by atoms with van der Waals surface area (Å²) in [6.45, 7) is 2.27. The third-order valence-corrected chi connectivity index (χ3v) is 3.54. The van der Waals surface area contributed by atoms with Crippen LogP contribution in [-0.4, -0.2) is 10.9 Å². The van der Waals surface area contributed by atoms with Crippen LogP contribution < -0.4 is 0 Å². The largest absolute Gasteiger partial charge is 0.363 e. The zero-order chi connectivity index (χ0) is 12.4. The average Bonchev–Trinajstić information content (AvgIpc) is 3.09. The Kier molecular flexibility index (Phi) is 2.89. The maximum absolute atomic E-state index is 2.39. The lowest BCUT2D eigenvalue weighted by Crippen LogP contribution is -1.87. The molecule has 18 heavy (non-hydrogen) atoms. The van der Waals surface area contributed by atoms with Gasteiger partial charge in [-0.15, -0.1) is 0 Å². The maximum atomic E-state index is 2.39. The third kappa shape index (κ3) is 2.17. The van der Waals surface area contributed by atoms with Gasteiger partial charge < -0.3 is 4.90 Å². The Balaban J connectivity index is 1.71. The highest BCUT2D eigenvalue weighted by Crippen LogP contribution is 2.43. The van der Waals surface area contributed by atoms with E-state index in [4.69, 9.17) is 0 Å². The van der Waals surface area contributed by atoms with Crippen LogP contribution in [0.15, 0.2) is 66.9 Å². The van der Waals surface area contributed by atoms with Gasteiger partial charge in [0.25, 0.3) is 0 Å². The number of rotatable bonds is 3. The van der Waals surface area contributed by atoms with Crippen LogP contribution >= 0.6 is 0 Å². The molecule has 0 bridgehead atoms. The predicted octanol–water partition coefficient (Wildman–Crippen LogP) is 4.10. The van der Waals surface area contributed by atoms with Crippen molar-refractivity contribution >= 4 is 6.08 Å². The Morgan fingerprint density at radius 3 is 2.17 bits per heavy atom. The Morgan fingerprint density at radius 1 is 0.889 bits per heavy atom. The molecule has 3 rings (SSSR count). The van der Waals surface area contributed by atoms with Crippen LogP contribution in [0.25, 0.3) is 6.08 Å². The van der Waals surface area contributed by atoms with Crippen molar-refractivity contribution in [3.63, 3.8) is 0 Å². The van der Waals surface area contributed by atoms with Crippen LogP contribution in [0.3, 0.4) is 0 Å². The molecule has 0 aromatic heterocycles. The van der Waals surface area contributed by atoms with E-state index in [0.29, 0.717) is 12.1 Å². The molecule has 0 unspecified atom stereocenters. The van der Waals surface area contributed by atoms with Gasteiger partial charge in [0.05, 0.1) is 12.1 Å². The molecule has 1 nitrogen and oxygen atoms in total. The molecule has 0 spiro atoms. The van der Waals surface area contributed by atoms with Crippen LogP contribution in [0.1, 0.15) is 24.1 Å². The second-order valence-corrected chi connectivity index (χ2v) is 4.77. The quantitative estimate of drug-likeness (QED) is 0.724. The first kappa shape index (κ1) is 11.1. The lowest BCUT2D eigenvalue weighted by Gasteiger charge is -1.99. The van der Waals surface area contributed by atoms with E-state index >= 15 is 0 Å². The third-order valence-electron chi connectivity index (χ3n) is 3.54. The van der Waals surface area contributed by atoms with Crippen molar-refractivity contribution in [2.24, 2.45) is 0 Å². The zero-order valence-electron chi connectivity index (χ0n) is 10.5. The van der Waals surface area contributed by atoms with E-state index in [1.54, 1.807) is 0 Å². The van der Waals surface area contributed by atoms with E-state index in [9.17, 15) is 0 Å². The molecule has 2 atom stereocenters. The molecule has 90 valence electrons. The van der Waals surface area contributed by atoms with Crippen molar-refractivity contribution in [3.05, 3.63) is 78.0 Å². The van der Waals surface area contributed by atoms with Crippen LogP contribution in [0.5, 0.6) is 0 Å². The van der Waals surface area contributed by atoms with E-state index in [2.05, 4.69) is 78.7 Å². The van der Waals surface area contributed by atoms with Gasteiger partial charge in [-0.2, -0.15) is 0 Å². The van der Waals surface area contributed by atoms with Gasteiger partial charge in [0.1, 0.15) is 0 Å². The first-order valence-electron chi connectivity index (χ1n) is 6.42. The van der Waals surface area contributed by atoms with Gasteiger partial charge >= 0.3 is 0 Å². The Hall–Kier alpha value is -2.02. The molecule has 1 aliphatic rings. The lowest BCUT2D eigenvalue weighted by molar-refractivity contribution is 0.667. The van der Waals surface area contributed by atoms with Crippen LogP contribution in [0.2, 0.25) is 0 Å². The summed E-state index contributed by atoms with van der Waals surface area (Å²) in [5.41, 5.74) is 2.66. The zero-order valence-corrected chi connectivity index (χ0v) is 10.5. The van der Waals surface area contributed by atoms with Gasteiger partial charge in [-0.05, 0) is 24.1 Å². The van der Waals surface area contributed by atoms with Gasteiger partial charge in [-0.1, -0.05) is 60.7 Å². The Bertz CT molecular complexity index is 530. The SMILES string of the molecule is C[C@@H]1[C@@H](c2ccccc2)N1/C=C/c1ccccc1. The summed E-state index contributed by atoms with van der Waals surface area (Å²) in [5.74, 6) is 0. The van der Waals surface area contributed by atoms with E-state index in [1.807, 2.05) is 6.07 Å². The van der Waals surface area contributed by atoms with Crippen molar-refractivity contribution in [2.45, 2.75) is 19.0 Å². The van der Waals surface area contributed by atoms with Crippen LogP contribution in [-0.2, 0) is 0 Å². The Morgan fingerprint density at radius 2 is 1.50 bits per heavy atom. The minimum absolute atomic E-state index is 0.547. The highest BCUT2D eigenvalue weighted by molar-refractivity contribution is 5.49. The smallest absolute Gasteiger partial charge is 0.0741 e. The Labute approximate surface area is 108 Å². The predicted molar refractivity (Wildman–Crippen MR) is 76.0 cm³/mol. The van der Waals surface area contributed by atoms with Crippen molar-refractivity contribution in [1.29, 1.82) is 0 Å². The fraction of sp³-hybridized carbons (Fsp3) is 0.176. The van der Waals surface area contributed by atoms with Crippen molar-refractivity contribution < 1.29 is 0 Å². The molecule has 2 aromatic rings. The molecule has 1 heteroatoms. The highest BCUT2D eigenvalue weighted by Gasteiger charge is 2.42. The van der Waals surface area contributed by atoms with E-state index in [1.165, 1.54) is 11.1 Å². The number of hydrogen-bond acceptors (Lipinski definition) is 1. The number of hydrogen-bond donors (Lipinski definition) is 0. The topological polar surface area (TPSA) is 3.01 Å². The normalized spacial score (nSPS) is 22.4. The minimum Gasteiger partial charge on any atom is -0.363 e. The van der Waals surface area contributed by atoms with Gasteiger partial charge in [-0.25, -0.2) is 0 Å². The van der Waals surface area contributed by atoms with E-state index in [0.717, 1.165) is 0 Å². The molecule has 0 N–H and O–H groups in total. The molecular weight excluding hydrogens is 218 g/mol. The van der Waals surface area contributed by atoms with Crippen molar-refractivity contribution in [1.82, 2.24) is 4.90 Å². The maximum Gasteiger partial charge on any atom is 0.0741 e. The average molecular weight is 235 g/mol. The molecule has 1 aliphatic heterocycles. The summed E-state index contributed by atoms with van der Waals surface area (Å²) < 4.78 is 0. The highest BCUT2D eigenvalue weighted by atomic mass is 15.3. The monoisotopic (exact) mass is 235 g/mol. The first-order chi connectivity index (χ1) is 8.86. The molecule has 2 aromatic carbocycles. The molecule has 1 heterocycles. The molecule has 0 saturated carbocycles. The van der Waals surface area contributed by atoms with Gasteiger partial charge in [0.2, 0.25) is 0 Å². The van der Waals surface area contributed by atoms with Crippen LogP contribution in [0, 0.1) is 0 Å². The molecule has 1 saturated heterocycles. The number of nitrogens with zero attached hydrogens (tertiary/aromatic N) is 1. The fourth-order valence-corrected chi connectivity index (χ4v) is 2.44.